The van der Waals surface area contributed by atoms with E-state index in [0.717, 1.165) is 28.6 Å². The minimum atomic E-state index is -0.955. The zero-order valence-corrected chi connectivity index (χ0v) is 15.5. The third-order valence-corrected chi connectivity index (χ3v) is 4.65. The van der Waals surface area contributed by atoms with Gasteiger partial charge >= 0.3 is 5.97 Å². The average Bonchev–Trinajstić information content (AvgIpc) is 3.14. The summed E-state index contributed by atoms with van der Waals surface area (Å²) in [7, 11) is 0. The lowest BCUT2D eigenvalue weighted by molar-refractivity contribution is -0.141. The Hall–Kier alpha value is -3.00. The summed E-state index contributed by atoms with van der Waals surface area (Å²) in [4.78, 5) is 23.9. The smallest absolute Gasteiger partial charge is 0.308 e. The maximum Gasteiger partial charge on any atom is 0.308 e. The molecule has 0 fully saturated rings. The van der Waals surface area contributed by atoms with Crippen LogP contribution in [0.15, 0.2) is 42.5 Å². The van der Waals surface area contributed by atoms with Crippen molar-refractivity contribution in [3.63, 3.8) is 0 Å². The lowest BCUT2D eigenvalue weighted by Crippen LogP contribution is -2.34. The van der Waals surface area contributed by atoms with Gasteiger partial charge in [0.05, 0.1) is 24.3 Å². The summed E-state index contributed by atoms with van der Waals surface area (Å²) in [6, 6.07) is 12.3. The number of aliphatic carboxylic acids is 1. The lowest BCUT2D eigenvalue weighted by atomic mass is 9.99. The molecule has 0 aliphatic rings. The molecule has 0 aliphatic heterocycles. The van der Waals surface area contributed by atoms with Crippen molar-refractivity contribution in [1.29, 1.82) is 0 Å². The number of benzene rings is 2. The number of hydrogen-bond acceptors (Lipinski definition) is 6. The second-order valence-electron chi connectivity index (χ2n) is 5.99. The monoisotopic (exact) mass is 385 g/mol. The summed E-state index contributed by atoms with van der Waals surface area (Å²) in [5.41, 5.74) is 2.68. The van der Waals surface area contributed by atoms with E-state index in [-0.39, 0.29) is 12.5 Å². The number of carbonyl (C=O) groups excluding carboxylic acids is 1. The summed E-state index contributed by atoms with van der Waals surface area (Å²) < 4.78 is 13.6. The van der Waals surface area contributed by atoms with Gasteiger partial charge in [0.2, 0.25) is 0 Å². The molecule has 140 valence electrons. The van der Waals surface area contributed by atoms with Crippen LogP contribution in [0.1, 0.15) is 22.8 Å². The molecule has 3 aromatic rings. The number of carbonyl (C=O) groups is 2. The quantitative estimate of drug-likeness (QED) is 0.618. The highest BCUT2D eigenvalue weighted by atomic mass is 32.1. The summed E-state index contributed by atoms with van der Waals surface area (Å²) in [5.74, 6) is -1.27. The van der Waals surface area contributed by atoms with Gasteiger partial charge < -0.3 is 15.2 Å². The molecule has 1 amide bonds. The van der Waals surface area contributed by atoms with E-state index >= 15 is 0 Å². The SMILES string of the molecule is CCOc1ccc(CC(CNC(=O)c2ccc3nsnc3c2)C(=O)O)cc1. The van der Waals surface area contributed by atoms with Crippen molar-refractivity contribution in [1.82, 2.24) is 14.1 Å². The first-order valence-electron chi connectivity index (χ1n) is 8.52. The Bertz CT molecular complexity index is 940. The minimum Gasteiger partial charge on any atom is -0.494 e. The molecular weight excluding hydrogens is 366 g/mol. The van der Waals surface area contributed by atoms with Gasteiger partial charge in [-0.15, -0.1) is 0 Å². The maximum atomic E-state index is 12.3. The molecule has 8 heteroatoms. The fourth-order valence-corrected chi connectivity index (χ4v) is 3.18. The van der Waals surface area contributed by atoms with Crippen LogP contribution in [0.2, 0.25) is 0 Å². The normalized spacial score (nSPS) is 11.9. The molecule has 1 heterocycles. The molecule has 27 heavy (non-hydrogen) atoms. The van der Waals surface area contributed by atoms with Crippen LogP contribution >= 0.6 is 11.7 Å². The molecule has 1 unspecified atom stereocenters. The first-order valence-corrected chi connectivity index (χ1v) is 9.25. The highest BCUT2D eigenvalue weighted by Gasteiger charge is 2.20. The number of fused-ring (bicyclic) bond motifs is 1. The number of amides is 1. The van der Waals surface area contributed by atoms with Crippen LogP contribution in [0, 0.1) is 5.92 Å². The molecule has 1 atom stereocenters. The number of ether oxygens (including phenoxy) is 1. The predicted molar refractivity (Wildman–Crippen MR) is 102 cm³/mol. The van der Waals surface area contributed by atoms with Crippen molar-refractivity contribution in [2.24, 2.45) is 5.92 Å². The number of carboxylic acid groups (broad SMARTS) is 1. The Morgan fingerprint density at radius 2 is 1.89 bits per heavy atom. The molecule has 3 rings (SSSR count). The van der Waals surface area contributed by atoms with Crippen molar-refractivity contribution < 1.29 is 19.4 Å². The number of hydrogen-bond donors (Lipinski definition) is 2. The fraction of sp³-hybridized carbons (Fsp3) is 0.263. The molecule has 0 saturated carbocycles. The maximum absolute atomic E-state index is 12.3. The first-order chi connectivity index (χ1) is 13.1. The van der Waals surface area contributed by atoms with Gasteiger partial charge in [0.15, 0.2) is 0 Å². The van der Waals surface area contributed by atoms with Crippen molar-refractivity contribution in [3.05, 3.63) is 53.6 Å². The van der Waals surface area contributed by atoms with Gasteiger partial charge in [-0.3, -0.25) is 9.59 Å². The number of nitrogens with zero attached hydrogens (tertiary/aromatic N) is 2. The molecule has 2 N–H and O–H groups in total. The van der Waals surface area contributed by atoms with Crippen molar-refractivity contribution in [2.75, 3.05) is 13.2 Å². The Balaban J connectivity index is 1.61. The topological polar surface area (TPSA) is 101 Å². The number of nitrogens with one attached hydrogen (secondary N) is 1. The van der Waals surface area contributed by atoms with Crippen LogP contribution in [0.4, 0.5) is 0 Å². The second-order valence-corrected chi connectivity index (χ2v) is 6.52. The molecule has 0 radical (unpaired) electrons. The highest BCUT2D eigenvalue weighted by molar-refractivity contribution is 7.00. The van der Waals surface area contributed by atoms with Crippen LogP contribution in [0.25, 0.3) is 11.0 Å². The van der Waals surface area contributed by atoms with E-state index in [9.17, 15) is 14.7 Å². The Morgan fingerprint density at radius 1 is 1.15 bits per heavy atom. The van der Waals surface area contributed by atoms with Crippen LogP contribution in [-0.4, -0.2) is 38.9 Å². The van der Waals surface area contributed by atoms with E-state index in [4.69, 9.17) is 4.74 Å². The van der Waals surface area contributed by atoms with Crippen LogP contribution in [0.3, 0.4) is 0 Å². The second kappa shape index (κ2) is 8.59. The van der Waals surface area contributed by atoms with Gasteiger partial charge in [-0.25, -0.2) is 0 Å². The van der Waals surface area contributed by atoms with E-state index in [1.165, 1.54) is 0 Å². The molecular formula is C19H19N3O4S. The number of carboxylic acids is 1. The van der Waals surface area contributed by atoms with Gasteiger partial charge in [-0.05, 0) is 49.2 Å². The lowest BCUT2D eigenvalue weighted by Gasteiger charge is -2.14. The summed E-state index contributed by atoms with van der Waals surface area (Å²) in [6.45, 7) is 2.51. The first kappa shape index (κ1) is 18.8. The molecule has 2 aromatic carbocycles. The van der Waals surface area contributed by atoms with Gasteiger partial charge in [0, 0.05) is 12.1 Å². The fourth-order valence-electron chi connectivity index (χ4n) is 2.66. The molecule has 7 nitrogen and oxygen atoms in total. The van der Waals surface area contributed by atoms with Gasteiger partial charge in [0.1, 0.15) is 16.8 Å². The minimum absolute atomic E-state index is 0.0364. The van der Waals surface area contributed by atoms with Crippen LogP contribution in [-0.2, 0) is 11.2 Å². The summed E-state index contributed by atoms with van der Waals surface area (Å²) >= 11 is 1.08. The van der Waals surface area contributed by atoms with E-state index in [1.54, 1.807) is 18.2 Å². The highest BCUT2D eigenvalue weighted by Crippen LogP contribution is 2.16. The molecule has 0 spiro atoms. The third kappa shape index (κ3) is 4.79. The van der Waals surface area contributed by atoms with E-state index < -0.39 is 11.9 Å². The van der Waals surface area contributed by atoms with Gasteiger partial charge in [-0.2, -0.15) is 8.75 Å². The average molecular weight is 385 g/mol. The Morgan fingerprint density at radius 3 is 2.59 bits per heavy atom. The Kier molecular flexibility index (Phi) is 5.97. The summed E-state index contributed by atoms with van der Waals surface area (Å²) in [5, 5.41) is 12.2. The molecule has 0 bridgehead atoms. The van der Waals surface area contributed by atoms with Crippen LogP contribution < -0.4 is 10.1 Å². The predicted octanol–water partition coefficient (Wildman–Crippen LogP) is 2.76. The Labute approximate surface area is 160 Å². The molecule has 0 saturated heterocycles. The third-order valence-electron chi connectivity index (χ3n) is 4.09. The van der Waals surface area contributed by atoms with Gasteiger partial charge in [-0.1, -0.05) is 12.1 Å². The van der Waals surface area contributed by atoms with Crippen LogP contribution in [0.5, 0.6) is 5.75 Å². The molecule has 1 aromatic heterocycles. The zero-order valence-electron chi connectivity index (χ0n) is 14.7. The standard InChI is InChI=1S/C19H19N3O4S/c1-2-26-15-6-3-12(4-7-15)9-14(19(24)25)11-20-18(23)13-5-8-16-17(10-13)22-27-21-16/h3-8,10,14H,2,9,11H2,1H3,(H,20,23)(H,24,25). The van der Waals surface area contributed by atoms with Crippen molar-refractivity contribution >= 4 is 34.6 Å². The van der Waals surface area contributed by atoms with E-state index in [2.05, 4.69) is 14.1 Å². The molecule has 0 aliphatic carbocycles. The van der Waals surface area contributed by atoms with Crippen molar-refractivity contribution in [2.45, 2.75) is 13.3 Å². The van der Waals surface area contributed by atoms with E-state index in [1.807, 2.05) is 31.2 Å². The number of aromatic nitrogens is 2. The number of rotatable bonds is 8. The van der Waals surface area contributed by atoms with E-state index in [0.29, 0.717) is 24.1 Å². The van der Waals surface area contributed by atoms with Crippen molar-refractivity contribution in [3.8, 4) is 5.75 Å². The summed E-state index contributed by atoms with van der Waals surface area (Å²) in [6.07, 6.45) is 0.317. The zero-order chi connectivity index (χ0) is 19.2. The van der Waals surface area contributed by atoms with Gasteiger partial charge in [0.25, 0.3) is 5.91 Å². The largest absolute Gasteiger partial charge is 0.494 e.